The van der Waals surface area contributed by atoms with Crippen LogP contribution in [0.15, 0.2) is 65.3 Å². The molecule has 2 aromatic carbocycles. The van der Waals surface area contributed by atoms with E-state index < -0.39 is 17.9 Å². The quantitative estimate of drug-likeness (QED) is 0.498. The van der Waals surface area contributed by atoms with Crippen LogP contribution in [0.4, 0.5) is 11.4 Å². The van der Waals surface area contributed by atoms with Crippen LogP contribution in [-0.4, -0.2) is 38.0 Å². The highest BCUT2D eigenvalue weighted by atomic mass is 16.5. The van der Waals surface area contributed by atoms with E-state index in [1.54, 1.807) is 36.4 Å². The van der Waals surface area contributed by atoms with Gasteiger partial charge in [0.2, 0.25) is 5.91 Å². The maximum Gasteiger partial charge on any atom is 0.287 e. The van der Waals surface area contributed by atoms with Crippen molar-refractivity contribution in [3.8, 4) is 11.5 Å². The first kappa shape index (κ1) is 22.4. The number of methoxy groups -OCH3 is 2. The number of hydrogen-bond donors (Lipinski definition) is 3. The van der Waals surface area contributed by atoms with Crippen LogP contribution in [0.1, 0.15) is 27.8 Å². The van der Waals surface area contributed by atoms with Gasteiger partial charge in [-0.3, -0.25) is 14.4 Å². The van der Waals surface area contributed by atoms with Gasteiger partial charge in [0.15, 0.2) is 5.76 Å². The Morgan fingerprint density at radius 1 is 0.844 bits per heavy atom. The van der Waals surface area contributed by atoms with Crippen molar-refractivity contribution in [1.29, 1.82) is 0 Å². The highest BCUT2D eigenvalue weighted by Gasteiger charge is 2.21. The van der Waals surface area contributed by atoms with Crippen LogP contribution in [0.3, 0.4) is 0 Å². The Hall–Kier alpha value is -4.27. The van der Waals surface area contributed by atoms with Crippen LogP contribution in [0.2, 0.25) is 0 Å². The van der Waals surface area contributed by atoms with Gasteiger partial charge in [0.25, 0.3) is 11.8 Å². The Kier molecular flexibility index (Phi) is 7.12. The molecule has 0 aliphatic heterocycles. The normalized spacial score (nSPS) is 11.2. The summed E-state index contributed by atoms with van der Waals surface area (Å²) in [5, 5.41) is 8.02. The Balaban J connectivity index is 1.75. The Bertz CT molecular complexity index is 1100. The van der Waals surface area contributed by atoms with Crippen molar-refractivity contribution >= 4 is 29.1 Å². The minimum absolute atomic E-state index is 0.0995. The Labute approximate surface area is 184 Å². The fourth-order valence-electron chi connectivity index (χ4n) is 2.86. The average Bonchev–Trinajstić information content (AvgIpc) is 3.35. The number of carbonyl (C=O) groups is 3. The second kappa shape index (κ2) is 10.2. The molecule has 0 saturated heterocycles. The van der Waals surface area contributed by atoms with Crippen molar-refractivity contribution in [3.63, 3.8) is 0 Å². The SMILES string of the molecule is COc1cc(NC(=O)[C@H](C)NC(=O)c2ccco2)c(OC)cc1NC(=O)c1ccccc1. The molecule has 0 saturated carbocycles. The zero-order valence-electron chi connectivity index (χ0n) is 17.8. The fourth-order valence-corrected chi connectivity index (χ4v) is 2.86. The summed E-state index contributed by atoms with van der Waals surface area (Å²) in [7, 11) is 2.88. The first-order valence-electron chi connectivity index (χ1n) is 9.70. The summed E-state index contributed by atoms with van der Waals surface area (Å²) in [5.74, 6) is -0.600. The van der Waals surface area contributed by atoms with E-state index in [2.05, 4.69) is 16.0 Å². The summed E-state index contributed by atoms with van der Waals surface area (Å²) in [6.45, 7) is 1.54. The summed E-state index contributed by atoms with van der Waals surface area (Å²) in [5.41, 5.74) is 1.16. The van der Waals surface area contributed by atoms with Gasteiger partial charge in [-0.15, -0.1) is 0 Å². The second-order valence-corrected chi connectivity index (χ2v) is 6.73. The zero-order valence-corrected chi connectivity index (χ0v) is 17.8. The zero-order chi connectivity index (χ0) is 23.1. The molecule has 0 radical (unpaired) electrons. The predicted octanol–water partition coefficient (Wildman–Crippen LogP) is 3.31. The molecule has 3 amide bonds. The van der Waals surface area contributed by atoms with Gasteiger partial charge < -0.3 is 29.8 Å². The molecule has 1 atom stereocenters. The molecule has 0 aliphatic rings. The third-order valence-corrected chi connectivity index (χ3v) is 4.55. The predicted molar refractivity (Wildman–Crippen MR) is 118 cm³/mol. The number of anilines is 2. The number of nitrogens with one attached hydrogen (secondary N) is 3. The lowest BCUT2D eigenvalue weighted by molar-refractivity contribution is -0.117. The molecule has 9 heteroatoms. The molecule has 0 bridgehead atoms. The van der Waals surface area contributed by atoms with Gasteiger partial charge in [-0.25, -0.2) is 0 Å². The van der Waals surface area contributed by atoms with Crippen molar-refractivity contribution in [3.05, 3.63) is 72.2 Å². The Morgan fingerprint density at radius 3 is 2.03 bits per heavy atom. The monoisotopic (exact) mass is 437 g/mol. The molecule has 0 fully saturated rings. The molecule has 1 aromatic heterocycles. The smallest absolute Gasteiger partial charge is 0.287 e. The van der Waals surface area contributed by atoms with Gasteiger partial charge in [-0.05, 0) is 31.2 Å². The van der Waals surface area contributed by atoms with Crippen molar-refractivity contribution < 1.29 is 28.3 Å². The molecule has 0 unspecified atom stereocenters. The Morgan fingerprint density at radius 2 is 1.47 bits per heavy atom. The van der Waals surface area contributed by atoms with Gasteiger partial charge in [-0.1, -0.05) is 18.2 Å². The lowest BCUT2D eigenvalue weighted by atomic mass is 10.2. The molecule has 0 spiro atoms. The fraction of sp³-hybridized carbons (Fsp3) is 0.174. The average molecular weight is 437 g/mol. The third kappa shape index (κ3) is 5.25. The van der Waals surface area contributed by atoms with Crippen molar-refractivity contribution in [1.82, 2.24) is 5.32 Å². The molecule has 3 aromatic rings. The van der Waals surface area contributed by atoms with Gasteiger partial charge in [0.05, 0.1) is 31.9 Å². The lowest BCUT2D eigenvalue weighted by Gasteiger charge is -2.18. The molecule has 3 N–H and O–H groups in total. The van der Waals surface area contributed by atoms with E-state index in [4.69, 9.17) is 13.9 Å². The van der Waals surface area contributed by atoms with Gasteiger partial charge >= 0.3 is 0 Å². The standard InChI is InChI=1S/C23H23N3O6/c1-14(24-23(29)18-10-7-11-32-18)21(27)25-16-12-20(31-3)17(13-19(16)30-2)26-22(28)15-8-5-4-6-9-15/h4-14H,1-3H3,(H,24,29)(H,25,27)(H,26,28)/t14-/m0/s1. The number of carbonyl (C=O) groups excluding carboxylic acids is 3. The van der Waals surface area contributed by atoms with E-state index in [0.29, 0.717) is 28.4 Å². The molecule has 1 heterocycles. The highest BCUT2D eigenvalue weighted by molar-refractivity contribution is 6.06. The summed E-state index contributed by atoms with van der Waals surface area (Å²) in [6.07, 6.45) is 1.37. The van der Waals surface area contributed by atoms with E-state index in [-0.39, 0.29) is 11.7 Å². The lowest BCUT2D eigenvalue weighted by Crippen LogP contribution is -2.41. The van der Waals surface area contributed by atoms with Crippen molar-refractivity contribution in [2.24, 2.45) is 0 Å². The number of hydrogen-bond acceptors (Lipinski definition) is 6. The van der Waals surface area contributed by atoms with Crippen molar-refractivity contribution in [2.75, 3.05) is 24.9 Å². The molecular weight excluding hydrogens is 414 g/mol. The summed E-state index contributed by atoms with van der Waals surface area (Å²) in [4.78, 5) is 37.2. The number of furan rings is 1. The van der Waals surface area contributed by atoms with Crippen LogP contribution in [0, 0.1) is 0 Å². The molecule has 3 rings (SSSR count). The minimum Gasteiger partial charge on any atom is -0.494 e. The number of amides is 3. The molecular formula is C23H23N3O6. The van der Waals surface area contributed by atoms with Crippen LogP contribution in [-0.2, 0) is 4.79 Å². The largest absolute Gasteiger partial charge is 0.494 e. The number of rotatable bonds is 8. The topological polar surface area (TPSA) is 119 Å². The number of ether oxygens (including phenoxy) is 2. The van der Waals surface area contributed by atoms with E-state index in [1.807, 2.05) is 6.07 Å². The first-order valence-corrected chi connectivity index (χ1v) is 9.70. The van der Waals surface area contributed by atoms with E-state index in [0.717, 1.165) is 0 Å². The van der Waals surface area contributed by atoms with Crippen LogP contribution in [0.25, 0.3) is 0 Å². The van der Waals surface area contributed by atoms with Crippen LogP contribution >= 0.6 is 0 Å². The number of benzene rings is 2. The van der Waals surface area contributed by atoms with Crippen LogP contribution < -0.4 is 25.4 Å². The third-order valence-electron chi connectivity index (χ3n) is 4.55. The van der Waals surface area contributed by atoms with Crippen molar-refractivity contribution in [2.45, 2.75) is 13.0 Å². The first-order chi connectivity index (χ1) is 15.4. The molecule has 0 aliphatic carbocycles. The van der Waals surface area contributed by atoms with Gasteiger partial charge in [0.1, 0.15) is 17.5 Å². The molecule has 166 valence electrons. The molecule has 32 heavy (non-hydrogen) atoms. The summed E-state index contributed by atoms with van der Waals surface area (Å²) in [6, 6.07) is 14.0. The maximum absolute atomic E-state index is 12.6. The minimum atomic E-state index is -0.860. The summed E-state index contributed by atoms with van der Waals surface area (Å²) < 4.78 is 15.8. The highest BCUT2D eigenvalue weighted by Crippen LogP contribution is 2.36. The van der Waals surface area contributed by atoms with E-state index >= 15 is 0 Å². The maximum atomic E-state index is 12.6. The van der Waals surface area contributed by atoms with E-state index in [9.17, 15) is 14.4 Å². The van der Waals surface area contributed by atoms with E-state index in [1.165, 1.54) is 39.5 Å². The summed E-state index contributed by atoms with van der Waals surface area (Å²) >= 11 is 0. The van der Waals surface area contributed by atoms with Crippen LogP contribution in [0.5, 0.6) is 11.5 Å². The molecule has 9 nitrogen and oxygen atoms in total. The van der Waals surface area contributed by atoms with Gasteiger partial charge in [-0.2, -0.15) is 0 Å². The second-order valence-electron chi connectivity index (χ2n) is 6.73. The van der Waals surface area contributed by atoms with Gasteiger partial charge in [0, 0.05) is 17.7 Å².